The summed E-state index contributed by atoms with van der Waals surface area (Å²) in [6, 6.07) is 12.2. The van der Waals surface area contributed by atoms with Crippen molar-refractivity contribution in [2.24, 2.45) is 10.9 Å². The fraction of sp³-hybridized carbons (Fsp3) is 0.375. The number of nitrogens with one attached hydrogen (secondary N) is 2. The molecule has 2 aromatic rings. The summed E-state index contributed by atoms with van der Waals surface area (Å²) in [6.07, 6.45) is 12.2. The molecule has 29 heavy (non-hydrogen) atoms. The fourth-order valence-corrected chi connectivity index (χ4v) is 2.87. The Bertz CT molecular complexity index is 847. The van der Waals surface area contributed by atoms with Crippen molar-refractivity contribution in [1.82, 2.24) is 10.3 Å². The zero-order chi connectivity index (χ0) is 20.9. The Hall–Kier alpha value is -3.13. The molecule has 1 aromatic heterocycles. The Morgan fingerprint density at radius 2 is 2.07 bits per heavy atom. The number of hydrogen-bond acceptors (Lipinski definition) is 3. The Balaban J connectivity index is 2.26. The molecule has 0 atom stereocenters. The molecule has 0 radical (unpaired) electrons. The number of benzene rings is 1. The van der Waals surface area contributed by atoms with E-state index in [1.165, 1.54) is 5.57 Å². The maximum atomic E-state index is 9.04. The highest BCUT2D eigenvalue weighted by molar-refractivity contribution is 5.95. The number of nitriles is 1. The lowest BCUT2D eigenvalue weighted by Gasteiger charge is -2.13. The van der Waals surface area contributed by atoms with Crippen LogP contribution >= 0.6 is 0 Å². The van der Waals surface area contributed by atoms with Gasteiger partial charge >= 0.3 is 0 Å². The second-order valence-corrected chi connectivity index (χ2v) is 7.36. The molecule has 0 saturated carbocycles. The molecule has 0 aliphatic heterocycles. The van der Waals surface area contributed by atoms with E-state index in [-0.39, 0.29) is 0 Å². The molecular weight excluding hydrogens is 358 g/mol. The van der Waals surface area contributed by atoms with Crippen LogP contribution in [0.3, 0.4) is 0 Å². The zero-order valence-corrected chi connectivity index (χ0v) is 17.7. The molecule has 152 valence electrons. The van der Waals surface area contributed by atoms with Crippen molar-refractivity contribution in [1.29, 1.82) is 5.26 Å². The van der Waals surface area contributed by atoms with E-state index in [4.69, 9.17) is 5.26 Å². The van der Waals surface area contributed by atoms with E-state index in [0.29, 0.717) is 18.4 Å². The number of aromatic nitrogens is 1. The summed E-state index contributed by atoms with van der Waals surface area (Å²) in [6.45, 7) is 7.19. The van der Waals surface area contributed by atoms with Gasteiger partial charge in [0.05, 0.1) is 0 Å². The number of pyridine rings is 1. The predicted molar refractivity (Wildman–Crippen MR) is 121 cm³/mol. The van der Waals surface area contributed by atoms with Crippen LogP contribution < -0.4 is 10.6 Å². The molecule has 0 amide bonds. The highest BCUT2D eigenvalue weighted by Gasteiger charge is 2.07. The molecule has 0 saturated heterocycles. The molecule has 1 heterocycles. The first-order valence-corrected chi connectivity index (χ1v) is 10.3. The summed E-state index contributed by atoms with van der Waals surface area (Å²) >= 11 is 0. The van der Waals surface area contributed by atoms with Crippen LogP contribution in [-0.4, -0.2) is 17.5 Å². The Kier molecular flexibility index (Phi) is 9.44. The molecule has 0 spiro atoms. The second-order valence-electron chi connectivity index (χ2n) is 7.36. The molecule has 0 unspecified atom stereocenters. The van der Waals surface area contributed by atoms with Crippen LogP contribution in [-0.2, 0) is 0 Å². The van der Waals surface area contributed by atoms with E-state index >= 15 is 0 Å². The minimum atomic E-state index is 0.475. The lowest BCUT2D eigenvalue weighted by Crippen LogP contribution is -2.27. The Labute approximate surface area is 174 Å². The standard InChI is InChI=1S/C24H31N5/c1-4-5-6-12-23(21-10-8-14-26-17-21)20-9-7-11-22(16-20)29-24(28-18-25)27-15-13-19(2)3/h7-12,14,16-17,19H,4-6,13,15H2,1-3H3,(H2,27,28,29). The first kappa shape index (κ1) is 22.2. The molecule has 1 aromatic carbocycles. The number of anilines is 1. The van der Waals surface area contributed by atoms with Crippen molar-refractivity contribution in [3.05, 3.63) is 66.0 Å². The zero-order valence-electron chi connectivity index (χ0n) is 17.7. The van der Waals surface area contributed by atoms with Gasteiger partial charge in [-0.25, -0.2) is 0 Å². The molecule has 2 N–H and O–H groups in total. The minimum Gasteiger partial charge on any atom is -0.326 e. The van der Waals surface area contributed by atoms with Crippen LogP contribution in [0, 0.1) is 17.4 Å². The van der Waals surface area contributed by atoms with Gasteiger partial charge in [-0.3, -0.25) is 15.3 Å². The fourth-order valence-electron chi connectivity index (χ4n) is 2.87. The van der Waals surface area contributed by atoms with Gasteiger partial charge in [0.15, 0.2) is 6.19 Å². The third-order valence-corrected chi connectivity index (χ3v) is 4.47. The summed E-state index contributed by atoms with van der Waals surface area (Å²) in [4.78, 5) is 8.77. The molecule has 0 aliphatic rings. The van der Waals surface area contributed by atoms with Gasteiger partial charge in [0, 0.05) is 30.2 Å². The molecule has 5 nitrogen and oxygen atoms in total. The largest absolute Gasteiger partial charge is 0.326 e. The number of unbranched alkanes of at least 4 members (excludes halogenated alkanes) is 2. The molecule has 0 bridgehead atoms. The van der Waals surface area contributed by atoms with Crippen molar-refractivity contribution in [2.75, 3.05) is 11.9 Å². The molecule has 5 heteroatoms. The number of rotatable bonds is 9. The van der Waals surface area contributed by atoms with Gasteiger partial charge in [-0.05, 0) is 48.1 Å². The Morgan fingerprint density at radius 1 is 1.24 bits per heavy atom. The van der Waals surface area contributed by atoms with E-state index in [0.717, 1.165) is 42.5 Å². The van der Waals surface area contributed by atoms with Crippen molar-refractivity contribution >= 4 is 17.2 Å². The summed E-state index contributed by atoms with van der Waals surface area (Å²) in [5.74, 6) is 1.05. The monoisotopic (exact) mass is 389 g/mol. The summed E-state index contributed by atoms with van der Waals surface area (Å²) in [7, 11) is 0. The lowest BCUT2D eigenvalue weighted by molar-refractivity contribution is 0.596. The smallest absolute Gasteiger partial charge is 0.209 e. The van der Waals surface area contributed by atoms with Crippen molar-refractivity contribution < 1.29 is 0 Å². The second kappa shape index (κ2) is 12.4. The molecule has 2 rings (SSSR count). The van der Waals surface area contributed by atoms with Gasteiger partial charge < -0.3 is 5.32 Å². The van der Waals surface area contributed by atoms with Crippen LogP contribution in [0.5, 0.6) is 0 Å². The van der Waals surface area contributed by atoms with E-state index in [1.807, 2.05) is 30.6 Å². The highest BCUT2D eigenvalue weighted by atomic mass is 15.2. The van der Waals surface area contributed by atoms with E-state index in [9.17, 15) is 0 Å². The number of allylic oxidation sites excluding steroid dienone is 1. The van der Waals surface area contributed by atoms with Crippen molar-refractivity contribution in [3.8, 4) is 6.19 Å². The minimum absolute atomic E-state index is 0.475. The first-order chi connectivity index (χ1) is 14.1. The maximum Gasteiger partial charge on any atom is 0.209 e. The van der Waals surface area contributed by atoms with Gasteiger partial charge in [0.2, 0.25) is 5.96 Å². The van der Waals surface area contributed by atoms with Gasteiger partial charge in [-0.2, -0.15) is 5.26 Å². The van der Waals surface area contributed by atoms with Crippen LogP contribution in [0.25, 0.3) is 5.57 Å². The normalized spacial score (nSPS) is 12.0. The van der Waals surface area contributed by atoms with E-state index < -0.39 is 0 Å². The van der Waals surface area contributed by atoms with Crippen LogP contribution in [0.2, 0.25) is 0 Å². The quantitative estimate of drug-likeness (QED) is 0.193. The van der Waals surface area contributed by atoms with Gasteiger partial charge in [-0.15, -0.1) is 0 Å². The topological polar surface area (TPSA) is 73.1 Å². The molecular formula is C24H31N5. The van der Waals surface area contributed by atoms with E-state index in [1.54, 1.807) is 6.20 Å². The van der Waals surface area contributed by atoms with Gasteiger partial charge in [0.1, 0.15) is 0 Å². The van der Waals surface area contributed by atoms with Gasteiger partial charge in [0.25, 0.3) is 0 Å². The van der Waals surface area contributed by atoms with Crippen molar-refractivity contribution in [2.45, 2.75) is 46.5 Å². The number of aliphatic imine (C=N–C) groups is 1. The Morgan fingerprint density at radius 3 is 2.76 bits per heavy atom. The number of hydrogen-bond donors (Lipinski definition) is 2. The van der Waals surface area contributed by atoms with Crippen molar-refractivity contribution in [3.63, 3.8) is 0 Å². The molecule has 0 aliphatic carbocycles. The third kappa shape index (κ3) is 7.79. The highest BCUT2D eigenvalue weighted by Crippen LogP contribution is 2.26. The predicted octanol–water partition coefficient (Wildman–Crippen LogP) is 5.59. The molecule has 0 fully saturated rings. The summed E-state index contributed by atoms with van der Waals surface area (Å²) in [5.41, 5.74) is 4.26. The average molecular weight is 390 g/mol. The van der Waals surface area contributed by atoms with Crippen LogP contribution in [0.15, 0.2) is 59.9 Å². The SMILES string of the molecule is CCCCC=C(c1cccnc1)c1cccc(NC(=NCCC(C)C)NC#N)c1. The summed E-state index contributed by atoms with van der Waals surface area (Å²) in [5, 5.41) is 14.9. The van der Waals surface area contributed by atoms with Crippen LogP contribution in [0.1, 0.15) is 57.6 Å². The lowest BCUT2D eigenvalue weighted by atomic mass is 9.97. The third-order valence-electron chi connectivity index (χ3n) is 4.47. The first-order valence-electron chi connectivity index (χ1n) is 10.3. The number of guanidine groups is 1. The number of nitrogens with zero attached hydrogens (tertiary/aromatic N) is 3. The van der Waals surface area contributed by atoms with Gasteiger partial charge in [-0.1, -0.05) is 57.9 Å². The van der Waals surface area contributed by atoms with Crippen LogP contribution in [0.4, 0.5) is 5.69 Å². The maximum absolute atomic E-state index is 9.04. The average Bonchev–Trinajstić information content (AvgIpc) is 2.72. The van der Waals surface area contributed by atoms with E-state index in [2.05, 4.69) is 65.7 Å². The summed E-state index contributed by atoms with van der Waals surface area (Å²) < 4.78 is 0.